The van der Waals surface area contributed by atoms with Gasteiger partial charge in [-0.05, 0) is 43.4 Å². The Morgan fingerprint density at radius 2 is 1.76 bits per heavy atom. The summed E-state index contributed by atoms with van der Waals surface area (Å²) in [6, 6.07) is 1.43. The number of ether oxygens (including phenoxy) is 1. The van der Waals surface area contributed by atoms with Crippen molar-refractivity contribution in [3.63, 3.8) is 0 Å². The van der Waals surface area contributed by atoms with E-state index in [0.717, 1.165) is 44.8 Å². The Morgan fingerprint density at radius 1 is 1.14 bits per heavy atom. The Labute approximate surface area is 131 Å². The Balaban J connectivity index is 1.78. The summed E-state index contributed by atoms with van der Waals surface area (Å²) in [6.45, 7) is 14.7. The number of rotatable bonds is 6. The molecule has 2 aliphatic rings. The van der Waals surface area contributed by atoms with E-state index >= 15 is 0 Å². The van der Waals surface area contributed by atoms with Gasteiger partial charge in [-0.15, -0.1) is 0 Å². The number of nitrogens with zero attached hydrogens (tertiary/aromatic N) is 1. The lowest BCUT2D eigenvalue weighted by Crippen LogP contribution is -2.50. The van der Waals surface area contributed by atoms with Crippen LogP contribution in [0.25, 0.3) is 0 Å². The molecule has 1 aliphatic heterocycles. The molecule has 0 aromatic heterocycles. The fraction of sp³-hybridized carbons (Fsp3) is 1.00. The molecule has 2 rings (SSSR count). The molecular weight excluding hydrogens is 260 g/mol. The average molecular weight is 296 g/mol. The molecule has 0 radical (unpaired) electrons. The van der Waals surface area contributed by atoms with Gasteiger partial charge in [0.25, 0.3) is 0 Å². The van der Waals surface area contributed by atoms with Crippen LogP contribution in [0.4, 0.5) is 0 Å². The second-order valence-electron chi connectivity index (χ2n) is 8.28. The summed E-state index contributed by atoms with van der Waals surface area (Å²) in [6.07, 6.45) is 6.74. The van der Waals surface area contributed by atoms with E-state index in [2.05, 4.69) is 37.9 Å². The quantitative estimate of drug-likeness (QED) is 0.814. The predicted octanol–water partition coefficient (Wildman–Crippen LogP) is 3.29. The minimum absolute atomic E-state index is 0.569. The average Bonchev–Trinajstić information content (AvgIpc) is 2.45. The number of hydrogen-bond acceptors (Lipinski definition) is 3. The van der Waals surface area contributed by atoms with Gasteiger partial charge in [-0.25, -0.2) is 0 Å². The molecule has 0 amide bonds. The molecule has 3 heteroatoms. The first kappa shape index (κ1) is 17.2. The molecule has 0 spiro atoms. The molecule has 21 heavy (non-hydrogen) atoms. The van der Waals surface area contributed by atoms with Gasteiger partial charge in [0.15, 0.2) is 0 Å². The first-order valence-corrected chi connectivity index (χ1v) is 9.01. The summed E-state index contributed by atoms with van der Waals surface area (Å²) in [5.74, 6) is 0.768. The minimum atomic E-state index is 0.569. The molecule has 1 saturated heterocycles. The topological polar surface area (TPSA) is 24.5 Å². The highest BCUT2D eigenvalue weighted by atomic mass is 16.5. The van der Waals surface area contributed by atoms with Crippen molar-refractivity contribution in [2.24, 2.45) is 11.3 Å². The van der Waals surface area contributed by atoms with E-state index in [1.165, 1.54) is 32.1 Å². The van der Waals surface area contributed by atoms with Crippen LogP contribution < -0.4 is 5.32 Å². The van der Waals surface area contributed by atoms with Crippen molar-refractivity contribution >= 4 is 0 Å². The van der Waals surface area contributed by atoms with Gasteiger partial charge < -0.3 is 10.1 Å². The van der Waals surface area contributed by atoms with E-state index in [-0.39, 0.29) is 0 Å². The van der Waals surface area contributed by atoms with Crippen LogP contribution in [0.2, 0.25) is 0 Å². The molecule has 0 aromatic carbocycles. The second kappa shape index (κ2) is 7.94. The van der Waals surface area contributed by atoms with E-state index in [9.17, 15) is 0 Å². The van der Waals surface area contributed by atoms with Crippen LogP contribution in [0, 0.1) is 11.3 Å². The highest BCUT2D eigenvalue weighted by Gasteiger charge is 2.28. The van der Waals surface area contributed by atoms with Gasteiger partial charge in [-0.2, -0.15) is 0 Å². The van der Waals surface area contributed by atoms with Crippen LogP contribution >= 0.6 is 0 Å². The Bertz CT molecular complexity index is 288. The minimum Gasteiger partial charge on any atom is -0.379 e. The monoisotopic (exact) mass is 296 g/mol. The van der Waals surface area contributed by atoms with Crippen molar-refractivity contribution in [2.45, 2.75) is 71.9 Å². The normalized spacial score (nSPS) is 26.1. The molecule has 1 heterocycles. The zero-order valence-electron chi connectivity index (χ0n) is 14.7. The van der Waals surface area contributed by atoms with Crippen molar-refractivity contribution in [3.05, 3.63) is 0 Å². The number of morpholine rings is 1. The van der Waals surface area contributed by atoms with Crippen LogP contribution in [0.15, 0.2) is 0 Å². The standard InChI is InChI=1S/C18H36N2O/c1-15(2)13-17(20-9-11-21-12-10-20)14-19-16-5-7-18(3,4)8-6-16/h15-17,19H,5-14H2,1-4H3. The van der Waals surface area contributed by atoms with Gasteiger partial charge in [0.05, 0.1) is 13.2 Å². The summed E-state index contributed by atoms with van der Waals surface area (Å²) in [5, 5.41) is 3.88. The molecule has 2 fully saturated rings. The molecule has 124 valence electrons. The Morgan fingerprint density at radius 3 is 2.33 bits per heavy atom. The maximum atomic E-state index is 5.51. The second-order valence-corrected chi connectivity index (χ2v) is 8.28. The summed E-state index contributed by atoms with van der Waals surface area (Å²) in [7, 11) is 0. The van der Waals surface area contributed by atoms with Gasteiger partial charge in [0.2, 0.25) is 0 Å². The van der Waals surface area contributed by atoms with Gasteiger partial charge in [-0.1, -0.05) is 27.7 Å². The zero-order valence-corrected chi connectivity index (χ0v) is 14.7. The fourth-order valence-corrected chi connectivity index (χ4v) is 3.75. The molecular formula is C18H36N2O. The van der Waals surface area contributed by atoms with Crippen LogP contribution in [-0.2, 0) is 4.74 Å². The van der Waals surface area contributed by atoms with Gasteiger partial charge in [0.1, 0.15) is 0 Å². The Hall–Kier alpha value is -0.120. The third-order valence-corrected chi connectivity index (χ3v) is 5.29. The number of hydrogen-bond donors (Lipinski definition) is 1. The summed E-state index contributed by atoms with van der Waals surface area (Å²) in [5.41, 5.74) is 0.569. The highest BCUT2D eigenvalue weighted by molar-refractivity contribution is 4.84. The van der Waals surface area contributed by atoms with Crippen LogP contribution in [0.5, 0.6) is 0 Å². The lowest BCUT2D eigenvalue weighted by atomic mass is 9.75. The van der Waals surface area contributed by atoms with Gasteiger partial charge in [-0.3, -0.25) is 4.90 Å². The Kier molecular flexibility index (Phi) is 6.51. The molecule has 0 bridgehead atoms. The summed E-state index contributed by atoms with van der Waals surface area (Å²) >= 11 is 0. The third kappa shape index (κ3) is 5.88. The van der Waals surface area contributed by atoms with E-state index in [1.807, 2.05) is 0 Å². The molecule has 1 N–H and O–H groups in total. The first-order valence-electron chi connectivity index (χ1n) is 9.01. The van der Waals surface area contributed by atoms with Crippen LogP contribution in [0.3, 0.4) is 0 Å². The molecule has 1 aliphatic carbocycles. The predicted molar refractivity (Wildman–Crippen MR) is 89.7 cm³/mol. The van der Waals surface area contributed by atoms with Crippen molar-refractivity contribution in [2.75, 3.05) is 32.8 Å². The molecule has 1 saturated carbocycles. The molecule has 0 aromatic rings. The van der Waals surface area contributed by atoms with Crippen LogP contribution in [0.1, 0.15) is 59.8 Å². The van der Waals surface area contributed by atoms with E-state index in [4.69, 9.17) is 4.74 Å². The van der Waals surface area contributed by atoms with E-state index < -0.39 is 0 Å². The SMILES string of the molecule is CC(C)CC(CNC1CCC(C)(C)CC1)N1CCOCC1. The van der Waals surface area contributed by atoms with Crippen molar-refractivity contribution < 1.29 is 4.74 Å². The van der Waals surface area contributed by atoms with Crippen LogP contribution in [-0.4, -0.2) is 49.8 Å². The molecule has 1 atom stereocenters. The zero-order chi connectivity index (χ0) is 15.3. The maximum Gasteiger partial charge on any atom is 0.0594 e. The summed E-state index contributed by atoms with van der Waals surface area (Å²) in [4.78, 5) is 2.64. The highest BCUT2D eigenvalue weighted by Crippen LogP contribution is 2.35. The fourth-order valence-electron chi connectivity index (χ4n) is 3.75. The third-order valence-electron chi connectivity index (χ3n) is 5.29. The maximum absolute atomic E-state index is 5.51. The molecule has 1 unspecified atom stereocenters. The van der Waals surface area contributed by atoms with Crippen molar-refractivity contribution in [1.29, 1.82) is 0 Å². The first-order chi connectivity index (χ1) is 9.96. The van der Waals surface area contributed by atoms with Crippen molar-refractivity contribution in [3.8, 4) is 0 Å². The number of nitrogens with one attached hydrogen (secondary N) is 1. The van der Waals surface area contributed by atoms with E-state index in [0.29, 0.717) is 11.5 Å². The smallest absolute Gasteiger partial charge is 0.0594 e. The van der Waals surface area contributed by atoms with Gasteiger partial charge in [0, 0.05) is 31.7 Å². The lowest BCUT2D eigenvalue weighted by molar-refractivity contribution is 0.0112. The lowest BCUT2D eigenvalue weighted by Gasteiger charge is -2.38. The van der Waals surface area contributed by atoms with E-state index in [1.54, 1.807) is 0 Å². The van der Waals surface area contributed by atoms with Crippen molar-refractivity contribution in [1.82, 2.24) is 10.2 Å². The largest absolute Gasteiger partial charge is 0.379 e. The van der Waals surface area contributed by atoms with Gasteiger partial charge >= 0.3 is 0 Å². The molecule has 3 nitrogen and oxygen atoms in total. The summed E-state index contributed by atoms with van der Waals surface area (Å²) < 4.78 is 5.51.